The molecule has 0 bridgehead atoms. The summed E-state index contributed by atoms with van der Waals surface area (Å²) >= 11 is 0. The number of hydrogen-bond acceptors (Lipinski definition) is 4. The zero-order chi connectivity index (χ0) is 24.0. The maximum absolute atomic E-state index is 12.7. The quantitative estimate of drug-likeness (QED) is 0.373. The summed E-state index contributed by atoms with van der Waals surface area (Å²) in [4.78, 5) is 16.6. The fourth-order valence-electron chi connectivity index (χ4n) is 3.81. The van der Waals surface area contributed by atoms with Crippen LogP contribution < -0.4 is 4.72 Å². The molecule has 8 heteroatoms. The van der Waals surface area contributed by atoms with Crippen LogP contribution in [-0.4, -0.2) is 32.1 Å². The van der Waals surface area contributed by atoms with E-state index in [0.717, 1.165) is 16.8 Å². The zero-order valence-corrected chi connectivity index (χ0v) is 19.8. The van der Waals surface area contributed by atoms with Crippen LogP contribution in [0.5, 0.6) is 0 Å². The Morgan fingerprint density at radius 1 is 1.09 bits per heavy atom. The molecule has 0 amide bonds. The highest BCUT2D eigenvalue weighted by atomic mass is 32.2. The standard InChI is InChI=1S/C25H27N3O4S/c1-5-21-23(26-3)22(24(28(21)4)25(29)32-6-2)19-14-12-18(13-15-19)16-17-27-33(30,31)20-10-8-7-9-11-20/h7-15,27H,5-6,16-17H2,1-2,4H3. The van der Waals surface area contributed by atoms with Crippen LogP contribution in [0.25, 0.3) is 16.0 Å². The molecule has 0 saturated heterocycles. The second kappa shape index (κ2) is 10.5. The van der Waals surface area contributed by atoms with Crippen LogP contribution in [0.1, 0.15) is 35.6 Å². The molecule has 172 valence electrons. The molecule has 0 radical (unpaired) electrons. The van der Waals surface area contributed by atoms with E-state index in [1.54, 1.807) is 48.9 Å². The van der Waals surface area contributed by atoms with E-state index in [1.807, 2.05) is 31.2 Å². The smallest absolute Gasteiger partial charge is 0.354 e. The Balaban J connectivity index is 1.83. The Hall–Kier alpha value is -3.41. The summed E-state index contributed by atoms with van der Waals surface area (Å²) in [7, 11) is -1.78. The first-order valence-electron chi connectivity index (χ1n) is 10.7. The normalized spacial score (nSPS) is 11.2. The van der Waals surface area contributed by atoms with Crippen LogP contribution in [-0.2, 0) is 34.6 Å². The third kappa shape index (κ3) is 5.16. The van der Waals surface area contributed by atoms with Gasteiger partial charge < -0.3 is 9.30 Å². The van der Waals surface area contributed by atoms with E-state index in [-0.39, 0.29) is 18.0 Å². The van der Waals surface area contributed by atoms with Gasteiger partial charge in [-0.3, -0.25) is 0 Å². The number of ether oxygens (including phenoxy) is 1. The maximum Gasteiger partial charge on any atom is 0.354 e. The first-order valence-corrected chi connectivity index (χ1v) is 12.2. The molecule has 3 aromatic rings. The summed E-state index contributed by atoms with van der Waals surface area (Å²) < 4.78 is 34.3. The fraction of sp³-hybridized carbons (Fsp3) is 0.280. The molecule has 7 nitrogen and oxygen atoms in total. The second-order valence-electron chi connectivity index (χ2n) is 7.42. The number of esters is 1. The Morgan fingerprint density at radius 2 is 1.76 bits per heavy atom. The van der Waals surface area contributed by atoms with Crippen molar-refractivity contribution in [2.45, 2.75) is 31.6 Å². The maximum atomic E-state index is 12.7. The number of sulfonamides is 1. The summed E-state index contributed by atoms with van der Waals surface area (Å²) in [5, 5.41) is 0. The summed E-state index contributed by atoms with van der Waals surface area (Å²) in [6.45, 7) is 11.9. The van der Waals surface area contributed by atoms with E-state index in [9.17, 15) is 13.2 Å². The van der Waals surface area contributed by atoms with Crippen molar-refractivity contribution >= 4 is 21.7 Å². The van der Waals surface area contributed by atoms with Crippen LogP contribution in [0.2, 0.25) is 0 Å². The minimum Gasteiger partial charge on any atom is -0.461 e. The second-order valence-corrected chi connectivity index (χ2v) is 9.19. The van der Waals surface area contributed by atoms with Crippen molar-refractivity contribution in [1.82, 2.24) is 9.29 Å². The predicted molar refractivity (Wildman–Crippen MR) is 128 cm³/mol. The summed E-state index contributed by atoms with van der Waals surface area (Å²) in [5.41, 5.74) is 3.84. The van der Waals surface area contributed by atoms with Gasteiger partial charge >= 0.3 is 5.97 Å². The number of carbonyl (C=O) groups is 1. The summed E-state index contributed by atoms with van der Waals surface area (Å²) in [6.07, 6.45) is 1.11. The molecule has 0 spiro atoms. The van der Waals surface area contributed by atoms with Crippen LogP contribution in [0.4, 0.5) is 5.69 Å². The number of nitrogens with zero attached hydrogens (tertiary/aromatic N) is 2. The molecule has 0 fully saturated rings. The highest BCUT2D eigenvalue weighted by molar-refractivity contribution is 7.89. The van der Waals surface area contributed by atoms with Gasteiger partial charge in [0.05, 0.1) is 18.1 Å². The topological polar surface area (TPSA) is 81.8 Å². The van der Waals surface area contributed by atoms with Crippen molar-refractivity contribution in [2.75, 3.05) is 13.2 Å². The van der Waals surface area contributed by atoms with Crippen molar-refractivity contribution in [3.63, 3.8) is 0 Å². The van der Waals surface area contributed by atoms with E-state index in [1.165, 1.54) is 0 Å². The molecule has 3 rings (SSSR count). The molecular weight excluding hydrogens is 438 g/mol. The first-order chi connectivity index (χ1) is 15.8. The highest BCUT2D eigenvalue weighted by Crippen LogP contribution is 2.39. The van der Waals surface area contributed by atoms with Gasteiger partial charge in [-0.2, -0.15) is 0 Å². The van der Waals surface area contributed by atoms with E-state index >= 15 is 0 Å². The third-order valence-corrected chi connectivity index (χ3v) is 6.88. The Morgan fingerprint density at radius 3 is 2.33 bits per heavy atom. The van der Waals surface area contributed by atoms with Gasteiger partial charge in [0.2, 0.25) is 15.7 Å². The monoisotopic (exact) mass is 465 g/mol. The molecule has 0 unspecified atom stereocenters. The molecule has 0 aliphatic rings. The van der Waals surface area contributed by atoms with Crippen molar-refractivity contribution < 1.29 is 17.9 Å². The molecule has 1 heterocycles. The van der Waals surface area contributed by atoms with Crippen molar-refractivity contribution in [2.24, 2.45) is 7.05 Å². The average Bonchev–Trinajstić information content (AvgIpc) is 3.11. The minimum atomic E-state index is -3.55. The number of carbonyl (C=O) groups excluding carboxylic acids is 1. The predicted octanol–water partition coefficient (Wildman–Crippen LogP) is 4.50. The van der Waals surface area contributed by atoms with E-state index < -0.39 is 16.0 Å². The lowest BCUT2D eigenvalue weighted by Crippen LogP contribution is -2.25. The molecule has 0 aliphatic heterocycles. The molecule has 0 aliphatic carbocycles. The number of benzene rings is 2. The van der Waals surface area contributed by atoms with Crippen LogP contribution in [0.3, 0.4) is 0 Å². The largest absolute Gasteiger partial charge is 0.461 e. The van der Waals surface area contributed by atoms with Gasteiger partial charge in [-0.25, -0.2) is 22.8 Å². The zero-order valence-electron chi connectivity index (χ0n) is 19.0. The highest BCUT2D eigenvalue weighted by Gasteiger charge is 2.26. The third-order valence-electron chi connectivity index (χ3n) is 5.40. The molecule has 0 atom stereocenters. The molecule has 1 aromatic heterocycles. The molecular formula is C25H27N3O4S. The lowest BCUT2D eigenvalue weighted by molar-refractivity contribution is 0.0516. The van der Waals surface area contributed by atoms with E-state index in [0.29, 0.717) is 29.8 Å². The van der Waals surface area contributed by atoms with Crippen LogP contribution >= 0.6 is 0 Å². The van der Waals surface area contributed by atoms with Gasteiger partial charge in [-0.05, 0) is 43.0 Å². The molecule has 1 N–H and O–H groups in total. The number of nitrogens with one attached hydrogen (secondary N) is 1. The number of rotatable bonds is 9. The molecule has 2 aromatic carbocycles. The molecule has 0 saturated carbocycles. The van der Waals surface area contributed by atoms with Gasteiger partial charge in [-0.1, -0.05) is 49.4 Å². The van der Waals surface area contributed by atoms with Gasteiger partial charge in [0.15, 0.2) is 0 Å². The number of aromatic nitrogens is 1. The van der Waals surface area contributed by atoms with Crippen molar-refractivity contribution in [3.05, 3.63) is 83.0 Å². The lowest BCUT2D eigenvalue weighted by atomic mass is 10.0. The fourth-order valence-corrected chi connectivity index (χ4v) is 4.86. The van der Waals surface area contributed by atoms with Gasteiger partial charge in [0, 0.05) is 24.8 Å². The van der Waals surface area contributed by atoms with Crippen molar-refractivity contribution in [1.29, 1.82) is 0 Å². The van der Waals surface area contributed by atoms with Crippen molar-refractivity contribution in [3.8, 4) is 11.1 Å². The van der Waals surface area contributed by atoms with E-state index in [2.05, 4.69) is 9.57 Å². The Kier molecular flexibility index (Phi) is 7.69. The van der Waals surface area contributed by atoms with E-state index in [4.69, 9.17) is 11.3 Å². The molecule has 33 heavy (non-hydrogen) atoms. The lowest BCUT2D eigenvalue weighted by Gasteiger charge is -2.10. The first kappa shape index (κ1) is 24.2. The Bertz CT molecular complexity index is 1270. The van der Waals surface area contributed by atoms with Crippen LogP contribution in [0.15, 0.2) is 59.5 Å². The average molecular weight is 466 g/mol. The van der Waals surface area contributed by atoms with Crippen LogP contribution in [0, 0.1) is 6.57 Å². The number of hydrogen-bond donors (Lipinski definition) is 1. The van der Waals surface area contributed by atoms with Gasteiger partial charge in [0.25, 0.3) is 0 Å². The Labute approximate surface area is 194 Å². The summed E-state index contributed by atoms with van der Waals surface area (Å²) in [6, 6.07) is 15.7. The summed E-state index contributed by atoms with van der Waals surface area (Å²) in [5.74, 6) is -0.459. The van der Waals surface area contributed by atoms with Gasteiger partial charge in [-0.15, -0.1) is 0 Å². The SMILES string of the molecule is [C-]#[N+]c1c(-c2ccc(CCNS(=O)(=O)c3ccccc3)cc2)c(C(=O)OCC)n(C)c1CC. The van der Waals surface area contributed by atoms with Gasteiger partial charge in [0.1, 0.15) is 5.69 Å². The minimum absolute atomic E-state index is 0.231.